The van der Waals surface area contributed by atoms with Crippen molar-refractivity contribution in [1.29, 1.82) is 0 Å². The van der Waals surface area contributed by atoms with Crippen LogP contribution in [0.25, 0.3) is 0 Å². The van der Waals surface area contributed by atoms with Crippen LogP contribution in [0, 0.1) is 0 Å². The number of amides is 1. The molecule has 3 atom stereocenters. The lowest BCUT2D eigenvalue weighted by Crippen LogP contribution is -2.47. The van der Waals surface area contributed by atoms with Crippen molar-refractivity contribution in [3.05, 3.63) is 24.0 Å². The summed E-state index contributed by atoms with van der Waals surface area (Å²) in [5.74, 6) is -0.547. The molecule has 0 aromatic rings. The molecule has 7 nitrogen and oxygen atoms in total. The summed E-state index contributed by atoms with van der Waals surface area (Å²) in [6, 6.07) is 0. The molecule has 1 aliphatic rings. The summed E-state index contributed by atoms with van der Waals surface area (Å²) in [7, 11) is 1.37. The fourth-order valence-corrected chi connectivity index (χ4v) is 1.83. The maximum atomic E-state index is 11.1. The van der Waals surface area contributed by atoms with Crippen LogP contribution in [0.3, 0.4) is 0 Å². The third kappa shape index (κ3) is 4.03. The predicted molar refractivity (Wildman–Crippen MR) is 67.4 cm³/mol. The molecule has 0 saturated carbocycles. The van der Waals surface area contributed by atoms with Gasteiger partial charge >= 0.3 is 0 Å². The van der Waals surface area contributed by atoms with Gasteiger partial charge in [0.1, 0.15) is 6.10 Å². The number of allylic oxidation sites excluding steroid dienone is 1. The smallest absolute Gasteiger partial charge is 0.246 e. The lowest BCUT2D eigenvalue weighted by molar-refractivity contribution is -0.122. The Balaban J connectivity index is 2.81. The van der Waals surface area contributed by atoms with Crippen LogP contribution in [0.1, 0.15) is 12.8 Å². The Labute approximate surface area is 111 Å². The zero-order valence-electron chi connectivity index (χ0n) is 10.8. The Hall–Kier alpha value is -1.41. The van der Waals surface area contributed by atoms with Crippen molar-refractivity contribution >= 4 is 5.91 Å². The normalized spacial score (nSPS) is 19.8. The number of carbonyl (C=O) groups is 1. The third-order valence-corrected chi connectivity index (χ3v) is 2.88. The minimum atomic E-state index is -1.23. The molecule has 0 radical (unpaired) electrons. The number of hydrogen-bond donors (Lipinski definition) is 4. The SMILES string of the molecule is CO[C@@H]([C@H](O)[C@H](O)CCO)N1C=CCC(C(N)=O)=C1. The molecular weight excluding hydrogens is 252 g/mol. The lowest BCUT2D eigenvalue weighted by Gasteiger charge is -2.34. The van der Waals surface area contributed by atoms with Crippen molar-refractivity contribution in [3.8, 4) is 0 Å². The average Bonchev–Trinajstić information content (AvgIpc) is 2.40. The molecule has 19 heavy (non-hydrogen) atoms. The van der Waals surface area contributed by atoms with Gasteiger partial charge in [0, 0.05) is 31.7 Å². The molecule has 1 amide bonds. The molecule has 1 heterocycles. The van der Waals surface area contributed by atoms with Crippen LogP contribution in [0.2, 0.25) is 0 Å². The second-order valence-corrected chi connectivity index (χ2v) is 4.25. The van der Waals surface area contributed by atoms with E-state index in [0.29, 0.717) is 12.0 Å². The van der Waals surface area contributed by atoms with E-state index < -0.39 is 24.3 Å². The first-order chi connectivity index (χ1) is 9.01. The van der Waals surface area contributed by atoms with Gasteiger partial charge in [-0.15, -0.1) is 0 Å². The topological polar surface area (TPSA) is 116 Å². The Morgan fingerprint density at radius 3 is 2.79 bits per heavy atom. The number of aliphatic hydroxyl groups is 3. The zero-order valence-corrected chi connectivity index (χ0v) is 10.8. The Kier molecular flexibility index (Phi) is 5.97. The lowest BCUT2D eigenvalue weighted by atomic mass is 10.1. The zero-order chi connectivity index (χ0) is 14.4. The highest BCUT2D eigenvalue weighted by molar-refractivity contribution is 5.92. The van der Waals surface area contributed by atoms with Gasteiger partial charge in [-0.1, -0.05) is 6.08 Å². The average molecular weight is 272 g/mol. The first-order valence-electron chi connectivity index (χ1n) is 5.95. The monoisotopic (exact) mass is 272 g/mol. The number of nitrogens with two attached hydrogens (primary N) is 1. The van der Waals surface area contributed by atoms with Gasteiger partial charge in [-0.05, 0) is 12.8 Å². The molecule has 0 spiro atoms. The Morgan fingerprint density at radius 1 is 1.58 bits per heavy atom. The summed E-state index contributed by atoms with van der Waals surface area (Å²) in [5.41, 5.74) is 5.58. The number of rotatable bonds is 7. The van der Waals surface area contributed by atoms with E-state index >= 15 is 0 Å². The molecule has 1 rings (SSSR count). The highest BCUT2D eigenvalue weighted by Crippen LogP contribution is 2.19. The van der Waals surface area contributed by atoms with Gasteiger partial charge in [-0.2, -0.15) is 0 Å². The summed E-state index contributed by atoms with van der Waals surface area (Å²) < 4.78 is 5.13. The summed E-state index contributed by atoms with van der Waals surface area (Å²) in [4.78, 5) is 12.6. The molecule has 0 aliphatic carbocycles. The van der Waals surface area contributed by atoms with Crippen LogP contribution in [0.5, 0.6) is 0 Å². The van der Waals surface area contributed by atoms with Crippen molar-refractivity contribution in [2.24, 2.45) is 5.73 Å². The fraction of sp³-hybridized carbons (Fsp3) is 0.583. The molecule has 0 aromatic carbocycles. The van der Waals surface area contributed by atoms with Gasteiger partial charge in [-0.3, -0.25) is 4.79 Å². The van der Waals surface area contributed by atoms with Crippen molar-refractivity contribution in [2.45, 2.75) is 31.3 Å². The van der Waals surface area contributed by atoms with Gasteiger partial charge in [0.15, 0.2) is 6.23 Å². The van der Waals surface area contributed by atoms with E-state index in [0.717, 1.165) is 0 Å². The maximum absolute atomic E-state index is 11.1. The summed E-state index contributed by atoms with van der Waals surface area (Å²) in [5, 5.41) is 28.4. The second kappa shape index (κ2) is 7.25. The van der Waals surface area contributed by atoms with E-state index in [4.69, 9.17) is 15.6 Å². The standard InChI is InChI=1S/C12H20N2O5/c1-19-12(10(17)9(16)4-6-15)14-5-2-3-8(7-14)11(13)18/h2,5,7,9-10,12,15-17H,3-4,6H2,1H3,(H2,13,18)/t9-,10-,12+/m1/s1. The number of primary amides is 1. The van der Waals surface area contributed by atoms with Crippen LogP contribution in [-0.2, 0) is 9.53 Å². The van der Waals surface area contributed by atoms with Crippen LogP contribution < -0.4 is 5.73 Å². The second-order valence-electron chi connectivity index (χ2n) is 4.25. The quantitative estimate of drug-likeness (QED) is 0.455. The summed E-state index contributed by atoms with van der Waals surface area (Å²) >= 11 is 0. The van der Waals surface area contributed by atoms with E-state index in [1.807, 2.05) is 0 Å². The number of hydrogen-bond acceptors (Lipinski definition) is 6. The van der Waals surface area contributed by atoms with E-state index in [-0.39, 0.29) is 13.0 Å². The number of ether oxygens (including phenoxy) is 1. The van der Waals surface area contributed by atoms with Crippen molar-refractivity contribution in [3.63, 3.8) is 0 Å². The first kappa shape index (κ1) is 15.6. The molecule has 0 unspecified atom stereocenters. The van der Waals surface area contributed by atoms with E-state index in [9.17, 15) is 15.0 Å². The van der Waals surface area contributed by atoms with E-state index in [2.05, 4.69) is 0 Å². The molecule has 5 N–H and O–H groups in total. The first-order valence-corrected chi connectivity index (χ1v) is 5.95. The van der Waals surface area contributed by atoms with Crippen molar-refractivity contribution in [2.75, 3.05) is 13.7 Å². The Morgan fingerprint density at radius 2 is 2.26 bits per heavy atom. The summed E-state index contributed by atoms with van der Waals surface area (Å²) in [6.07, 6.45) is 2.04. The van der Waals surface area contributed by atoms with Crippen molar-refractivity contribution in [1.82, 2.24) is 4.90 Å². The molecule has 0 aromatic heterocycles. The van der Waals surface area contributed by atoms with E-state index in [1.54, 1.807) is 12.3 Å². The fourth-order valence-electron chi connectivity index (χ4n) is 1.83. The molecule has 0 bridgehead atoms. The van der Waals surface area contributed by atoms with Gasteiger partial charge in [0.2, 0.25) is 5.91 Å². The predicted octanol–water partition coefficient (Wildman–Crippen LogP) is -1.35. The molecule has 7 heteroatoms. The van der Waals surface area contributed by atoms with Crippen LogP contribution in [0.15, 0.2) is 24.0 Å². The highest BCUT2D eigenvalue weighted by atomic mass is 16.5. The van der Waals surface area contributed by atoms with Crippen LogP contribution >= 0.6 is 0 Å². The molecular formula is C12H20N2O5. The van der Waals surface area contributed by atoms with Gasteiger partial charge in [-0.25, -0.2) is 0 Å². The van der Waals surface area contributed by atoms with Gasteiger partial charge < -0.3 is 30.7 Å². The third-order valence-electron chi connectivity index (χ3n) is 2.88. The van der Waals surface area contributed by atoms with E-state index in [1.165, 1.54) is 18.2 Å². The number of nitrogens with zero attached hydrogens (tertiary/aromatic N) is 1. The highest BCUT2D eigenvalue weighted by Gasteiger charge is 2.30. The number of methoxy groups -OCH3 is 1. The van der Waals surface area contributed by atoms with Gasteiger partial charge in [0.25, 0.3) is 0 Å². The maximum Gasteiger partial charge on any atom is 0.246 e. The number of carbonyl (C=O) groups excluding carboxylic acids is 1. The minimum Gasteiger partial charge on any atom is -0.396 e. The molecule has 0 saturated heterocycles. The largest absolute Gasteiger partial charge is 0.396 e. The van der Waals surface area contributed by atoms with Crippen molar-refractivity contribution < 1.29 is 24.9 Å². The minimum absolute atomic E-state index is 0.0327. The molecule has 0 fully saturated rings. The number of aliphatic hydroxyl groups excluding tert-OH is 3. The molecule has 108 valence electrons. The van der Waals surface area contributed by atoms with Gasteiger partial charge in [0.05, 0.1) is 6.10 Å². The van der Waals surface area contributed by atoms with Crippen LogP contribution in [-0.4, -0.2) is 58.3 Å². The molecule has 1 aliphatic heterocycles. The summed E-state index contributed by atoms with van der Waals surface area (Å²) in [6.45, 7) is -0.243. The van der Waals surface area contributed by atoms with Crippen LogP contribution in [0.4, 0.5) is 0 Å². The Bertz CT molecular complexity index is 369.